The Morgan fingerprint density at radius 1 is 0.286 bits per heavy atom. The zero-order chi connectivity index (χ0) is 60.5. The molecular formula is C79H142O5. The summed E-state index contributed by atoms with van der Waals surface area (Å²) in [6.45, 7) is 4.06. The molecule has 0 heterocycles. The van der Waals surface area contributed by atoms with Gasteiger partial charge in [0, 0.05) is 12.8 Å². The zero-order valence-corrected chi connectivity index (χ0v) is 56.2. The molecule has 0 aliphatic rings. The molecule has 0 fully saturated rings. The van der Waals surface area contributed by atoms with Crippen molar-refractivity contribution in [3.63, 3.8) is 0 Å². The predicted octanol–water partition coefficient (Wildman–Crippen LogP) is 26.0. The summed E-state index contributed by atoms with van der Waals surface area (Å²) in [5, 5.41) is 9.71. The Morgan fingerprint density at radius 3 is 0.774 bits per heavy atom. The third-order valence-corrected chi connectivity index (χ3v) is 16.7. The van der Waals surface area contributed by atoms with E-state index in [1.807, 2.05) is 0 Å². The number of unbranched alkanes of at least 4 members (excludes halogenated alkanes) is 47. The molecule has 0 aromatic heterocycles. The molecule has 488 valence electrons. The number of hydrogen-bond acceptors (Lipinski definition) is 5. The van der Waals surface area contributed by atoms with Crippen molar-refractivity contribution in [2.75, 3.05) is 13.2 Å². The lowest BCUT2D eigenvalue weighted by molar-refractivity contribution is -0.161. The molecule has 0 saturated carbocycles. The fourth-order valence-corrected chi connectivity index (χ4v) is 11.1. The van der Waals surface area contributed by atoms with Crippen LogP contribution in [0.15, 0.2) is 85.1 Å². The van der Waals surface area contributed by atoms with Crippen molar-refractivity contribution >= 4 is 11.9 Å². The molecule has 5 heteroatoms. The lowest BCUT2D eigenvalue weighted by Gasteiger charge is -2.15. The van der Waals surface area contributed by atoms with Gasteiger partial charge in [0.15, 0.2) is 6.10 Å². The molecule has 1 unspecified atom stereocenters. The van der Waals surface area contributed by atoms with E-state index in [4.69, 9.17) is 9.47 Å². The molecule has 0 radical (unpaired) electrons. The van der Waals surface area contributed by atoms with Gasteiger partial charge in [0.05, 0.1) is 6.61 Å². The highest BCUT2D eigenvalue weighted by Gasteiger charge is 2.16. The van der Waals surface area contributed by atoms with Crippen LogP contribution in [0.5, 0.6) is 0 Å². The molecule has 0 spiro atoms. The molecular weight excluding hydrogens is 1030 g/mol. The second-order valence-corrected chi connectivity index (χ2v) is 25.0. The summed E-state index contributed by atoms with van der Waals surface area (Å²) >= 11 is 0. The monoisotopic (exact) mass is 1170 g/mol. The molecule has 0 bridgehead atoms. The Balaban J connectivity index is 3.40. The van der Waals surface area contributed by atoms with E-state index >= 15 is 0 Å². The van der Waals surface area contributed by atoms with E-state index in [2.05, 4.69) is 98.9 Å². The van der Waals surface area contributed by atoms with Gasteiger partial charge in [-0.2, -0.15) is 0 Å². The van der Waals surface area contributed by atoms with Crippen LogP contribution < -0.4 is 0 Å². The van der Waals surface area contributed by atoms with Crippen LogP contribution in [0.1, 0.15) is 386 Å². The van der Waals surface area contributed by atoms with E-state index in [-0.39, 0.29) is 25.2 Å². The largest absolute Gasteiger partial charge is 0.462 e. The van der Waals surface area contributed by atoms with Gasteiger partial charge in [-0.1, -0.05) is 369 Å². The van der Waals surface area contributed by atoms with Crippen LogP contribution in [0.25, 0.3) is 0 Å². The van der Waals surface area contributed by atoms with Crippen molar-refractivity contribution in [2.24, 2.45) is 0 Å². The van der Waals surface area contributed by atoms with Gasteiger partial charge in [0.25, 0.3) is 0 Å². The maximum absolute atomic E-state index is 12.4. The first-order chi connectivity index (χ1) is 41.6. The van der Waals surface area contributed by atoms with E-state index in [1.54, 1.807) is 0 Å². The summed E-state index contributed by atoms with van der Waals surface area (Å²) in [4.78, 5) is 24.7. The summed E-state index contributed by atoms with van der Waals surface area (Å²) in [6, 6.07) is 0. The minimum absolute atomic E-state index is 0.0634. The van der Waals surface area contributed by atoms with Crippen molar-refractivity contribution in [1.29, 1.82) is 0 Å². The summed E-state index contributed by atoms with van der Waals surface area (Å²) in [7, 11) is 0. The highest BCUT2D eigenvalue weighted by molar-refractivity contribution is 5.70. The third kappa shape index (κ3) is 71.6. The Labute approximate surface area is 524 Å². The number of aliphatic hydroxyl groups excluding tert-OH is 1. The molecule has 1 N–H and O–H groups in total. The second-order valence-electron chi connectivity index (χ2n) is 25.0. The van der Waals surface area contributed by atoms with Gasteiger partial charge in [-0.05, 0) is 89.9 Å². The Kier molecular flexibility index (Phi) is 71.7. The van der Waals surface area contributed by atoms with Crippen LogP contribution in [-0.4, -0.2) is 36.4 Å². The molecule has 0 aliphatic heterocycles. The second kappa shape index (κ2) is 74.3. The van der Waals surface area contributed by atoms with Gasteiger partial charge in [-0.15, -0.1) is 0 Å². The fourth-order valence-electron chi connectivity index (χ4n) is 11.1. The Hall–Kier alpha value is -2.92. The van der Waals surface area contributed by atoms with Crippen molar-refractivity contribution in [1.82, 2.24) is 0 Å². The SMILES string of the molecule is CC/C=C\C/C=C\C/C=C\C/C=C\C/C=C\CCCCCCCCCCCCCCCCCC(=O)OC(CO)COC(=O)CCCCCCCCCCCCCCCCCCCCCCCCCCCCC/C=C\C/C=C\CCCCCCC. The predicted molar refractivity (Wildman–Crippen MR) is 371 cm³/mol. The smallest absolute Gasteiger partial charge is 0.306 e. The molecule has 0 saturated heterocycles. The van der Waals surface area contributed by atoms with Crippen LogP contribution in [-0.2, 0) is 19.1 Å². The van der Waals surface area contributed by atoms with Crippen molar-refractivity contribution in [3.05, 3.63) is 85.1 Å². The lowest BCUT2D eigenvalue weighted by Crippen LogP contribution is -2.28. The molecule has 5 nitrogen and oxygen atoms in total. The van der Waals surface area contributed by atoms with Crippen LogP contribution in [0, 0.1) is 0 Å². The van der Waals surface area contributed by atoms with E-state index < -0.39 is 6.10 Å². The van der Waals surface area contributed by atoms with Gasteiger partial charge in [-0.25, -0.2) is 0 Å². The number of rotatable bonds is 69. The molecule has 0 amide bonds. The van der Waals surface area contributed by atoms with Gasteiger partial charge in [0.1, 0.15) is 6.61 Å². The minimum atomic E-state index is -0.775. The highest BCUT2D eigenvalue weighted by atomic mass is 16.6. The summed E-state index contributed by atoms with van der Waals surface area (Å²) < 4.78 is 10.8. The number of allylic oxidation sites excluding steroid dienone is 14. The Morgan fingerprint density at radius 2 is 0.512 bits per heavy atom. The lowest BCUT2D eigenvalue weighted by atomic mass is 10.0. The van der Waals surface area contributed by atoms with E-state index in [9.17, 15) is 14.7 Å². The Bertz CT molecular complexity index is 1520. The summed E-state index contributed by atoms with van der Waals surface area (Å²) in [5.74, 6) is -0.573. The zero-order valence-electron chi connectivity index (χ0n) is 56.2. The average Bonchev–Trinajstić information content (AvgIpc) is 3.51. The van der Waals surface area contributed by atoms with Crippen molar-refractivity contribution in [3.8, 4) is 0 Å². The molecule has 0 aliphatic carbocycles. The van der Waals surface area contributed by atoms with E-state index in [1.165, 1.54) is 283 Å². The topological polar surface area (TPSA) is 72.8 Å². The van der Waals surface area contributed by atoms with Crippen LogP contribution in [0.3, 0.4) is 0 Å². The molecule has 0 rings (SSSR count). The van der Waals surface area contributed by atoms with Crippen molar-refractivity contribution in [2.45, 2.75) is 392 Å². The standard InChI is InChI=1S/C79H142O5/c1-3-5-7-9-11-13-15-17-19-21-23-25-27-29-31-33-35-36-37-38-39-40-41-42-44-45-47-49-51-53-55-57-59-61-63-65-67-69-71-73-78(81)83-76-77(75-80)84-79(82)74-72-70-68-66-64-62-60-58-56-54-52-50-48-46-43-34-32-30-28-26-24-22-20-18-16-14-12-10-8-6-4-2/h6,8,12,14-15,17-18,20-21,23-24,26,30,32,77,80H,3-5,7,9-11,13,16,19,22,25,27-29,31,33-76H2,1-2H3/b8-6-,14-12-,17-15-,20-18-,23-21-,26-24-,32-30-. The van der Waals surface area contributed by atoms with Gasteiger partial charge < -0.3 is 14.6 Å². The highest BCUT2D eigenvalue weighted by Crippen LogP contribution is 2.19. The third-order valence-electron chi connectivity index (χ3n) is 16.7. The van der Waals surface area contributed by atoms with Crippen LogP contribution >= 0.6 is 0 Å². The maximum atomic E-state index is 12.4. The number of ether oxygens (including phenoxy) is 2. The van der Waals surface area contributed by atoms with Crippen molar-refractivity contribution < 1.29 is 24.2 Å². The van der Waals surface area contributed by atoms with E-state index in [0.29, 0.717) is 12.8 Å². The van der Waals surface area contributed by atoms with Gasteiger partial charge >= 0.3 is 11.9 Å². The van der Waals surface area contributed by atoms with Crippen LogP contribution in [0.2, 0.25) is 0 Å². The van der Waals surface area contributed by atoms with Gasteiger partial charge in [0.2, 0.25) is 0 Å². The number of esters is 2. The fraction of sp³-hybridized carbons (Fsp3) is 0.797. The first kappa shape index (κ1) is 81.1. The number of carbonyl (C=O) groups excluding carboxylic acids is 2. The number of aliphatic hydroxyl groups is 1. The minimum Gasteiger partial charge on any atom is -0.462 e. The van der Waals surface area contributed by atoms with Crippen LogP contribution in [0.4, 0.5) is 0 Å². The first-order valence-corrected chi connectivity index (χ1v) is 37.1. The molecule has 0 aromatic rings. The maximum Gasteiger partial charge on any atom is 0.306 e. The average molecular weight is 1170 g/mol. The molecule has 84 heavy (non-hydrogen) atoms. The number of hydrogen-bond donors (Lipinski definition) is 1. The summed E-state index contributed by atoms with van der Waals surface area (Å²) in [6.07, 6.45) is 105. The molecule has 0 aromatic carbocycles. The quantitative estimate of drug-likeness (QED) is 0.0373. The normalized spacial score (nSPS) is 12.7. The molecule has 1 atom stereocenters. The van der Waals surface area contributed by atoms with Gasteiger partial charge in [-0.3, -0.25) is 9.59 Å². The first-order valence-electron chi connectivity index (χ1n) is 37.1. The van der Waals surface area contributed by atoms with E-state index in [0.717, 1.165) is 77.0 Å². The summed E-state index contributed by atoms with van der Waals surface area (Å²) in [5.41, 5.74) is 0. The number of carbonyl (C=O) groups is 2.